The number of nitrogens with one attached hydrogen (secondary N) is 1. The minimum Gasteiger partial charge on any atom is -0.450 e. The molecule has 1 aliphatic heterocycles. The van der Waals surface area contributed by atoms with Crippen molar-refractivity contribution in [2.45, 2.75) is 0 Å². The number of para-hydroxylation sites is 1. The summed E-state index contributed by atoms with van der Waals surface area (Å²) in [4.78, 5) is 14.8. The molecule has 0 amide bonds. The third-order valence-corrected chi connectivity index (χ3v) is 5.42. The molecule has 0 spiro atoms. The molecule has 7 heteroatoms. The van der Waals surface area contributed by atoms with Crippen LogP contribution in [0.25, 0.3) is 44.4 Å². The number of hydrogen-bond donors (Lipinski definition) is 1. The Morgan fingerprint density at radius 2 is 1.83 bits per heavy atom. The molecule has 1 fully saturated rings. The standard InChI is InChI=1S/C22H17FN4O2/c23-15-5-6-16-13(7-8-24-16)18(15)21-25-19-14-3-1-2-4-17(14)29-20(19)22(26-21)27-9-11-28-12-10-27/h1-8,24H,9-12H2. The highest BCUT2D eigenvalue weighted by atomic mass is 19.1. The molecule has 0 aliphatic carbocycles. The minimum atomic E-state index is -0.350. The van der Waals surface area contributed by atoms with Gasteiger partial charge in [-0.1, -0.05) is 12.1 Å². The zero-order valence-electron chi connectivity index (χ0n) is 15.5. The van der Waals surface area contributed by atoms with E-state index in [4.69, 9.17) is 19.1 Å². The Hall–Kier alpha value is -3.45. The molecule has 0 saturated carbocycles. The van der Waals surface area contributed by atoms with Crippen LogP contribution in [0.15, 0.2) is 53.1 Å². The highest BCUT2D eigenvalue weighted by molar-refractivity contribution is 6.07. The first-order chi connectivity index (χ1) is 14.3. The van der Waals surface area contributed by atoms with E-state index < -0.39 is 0 Å². The number of furan rings is 1. The molecule has 1 aliphatic rings. The van der Waals surface area contributed by atoms with E-state index in [9.17, 15) is 4.39 Å². The Labute approximate surface area is 164 Å². The molecule has 0 bridgehead atoms. The maximum absolute atomic E-state index is 14.9. The summed E-state index contributed by atoms with van der Waals surface area (Å²) in [7, 11) is 0. The van der Waals surface area contributed by atoms with Crippen molar-refractivity contribution in [3.05, 3.63) is 54.5 Å². The maximum Gasteiger partial charge on any atom is 0.196 e. The lowest BCUT2D eigenvalue weighted by Crippen LogP contribution is -2.37. The SMILES string of the molecule is Fc1ccc2[nH]ccc2c1-c1nc(N2CCOCC2)c2oc3ccccc3c2n1. The van der Waals surface area contributed by atoms with E-state index in [1.165, 1.54) is 6.07 Å². The van der Waals surface area contributed by atoms with E-state index in [-0.39, 0.29) is 5.82 Å². The molecule has 3 aromatic heterocycles. The molecule has 5 aromatic rings. The van der Waals surface area contributed by atoms with Gasteiger partial charge in [-0.3, -0.25) is 0 Å². The number of fused-ring (bicyclic) bond motifs is 4. The summed E-state index contributed by atoms with van der Waals surface area (Å²) in [6.45, 7) is 2.62. The number of halogens is 1. The van der Waals surface area contributed by atoms with Crippen molar-refractivity contribution in [1.29, 1.82) is 0 Å². The summed E-state index contributed by atoms with van der Waals surface area (Å²) in [6, 6.07) is 12.8. The summed E-state index contributed by atoms with van der Waals surface area (Å²) in [6.07, 6.45) is 1.79. The number of aromatic amines is 1. The van der Waals surface area contributed by atoms with Gasteiger partial charge in [0, 0.05) is 35.6 Å². The molecule has 1 saturated heterocycles. The van der Waals surface area contributed by atoms with Gasteiger partial charge in [0.2, 0.25) is 0 Å². The summed E-state index contributed by atoms with van der Waals surface area (Å²) in [5.41, 5.74) is 3.29. The van der Waals surface area contributed by atoms with Gasteiger partial charge in [-0.2, -0.15) is 0 Å². The van der Waals surface area contributed by atoms with Crippen molar-refractivity contribution >= 4 is 38.8 Å². The molecule has 29 heavy (non-hydrogen) atoms. The molecular weight excluding hydrogens is 371 g/mol. The Bertz CT molecular complexity index is 1370. The first-order valence-corrected chi connectivity index (χ1v) is 9.57. The van der Waals surface area contributed by atoms with E-state index in [1.807, 2.05) is 30.3 Å². The van der Waals surface area contributed by atoms with Gasteiger partial charge in [0.15, 0.2) is 17.2 Å². The van der Waals surface area contributed by atoms with E-state index >= 15 is 0 Å². The van der Waals surface area contributed by atoms with E-state index in [0.717, 1.165) is 21.9 Å². The van der Waals surface area contributed by atoms with Crippen LogP contribution in [0.4, 0.5) is 10.2 Å². The van der Waals surface area contributed by atoms with Crippen LogP contribution >= 0.6 is 0 Å². The number of hydrogen-bond acceptors (Lipinski definition) is 5. The van der Waals surface area contributed by atoms with Crippen LogP contribution < -0.4 is 4.90 Å². The van der Waals surface area contributed by atoms with Crippen molar-refractivity contribution in [1.82, 2.24) is 15.0 Å². The van der Waals surface area contributed by atoms with Crippen LogP contribution in [0.1, 0.15) is 0 Å². The largest absolute Gasteiger partial charge is 0.450 e. The molecule has 2 aromatic carbocycles. The van der Waals surface area contributed by atoms with Crippen molar-refractivity contribution in [2.24, 2.45) is 0 Å². The number of nitrogens with zero attached hydrogens (tertiary/aromatic N) is 3. The van der Waals surface area contributed by atoms with E-state index in [2.05, 4.69) is 9.88 Å². The molecular formula is C22H17FN4O2. The lowest BCUT2D eigenvalue weighted by Gasteiger charge is -2.27. The van der Waals surface area contributed by atoms with Gasteiger partial charge >= 0.3 is 0 Å². The second kappa shape index (κ2) is 6.28. The lowest BCUT2D eigenvalue weighted by molar-refractivity contribution is 0.122. The smallest absolute Gasteiger partial charge is 0.196 e. The zero-order chi connectivity index (χ0) is 19.4. The second-order valence-corrected chi connectivity index (χ2v) is 7.11. The zero-order valence-corrected chi connectivity index (χ0v) is 15.5. The fourth-order valence-corrected chi connectivity index (χ4v) is 4.01. The summed E-state index contributed by atoms with van der Waals surface area (Å²) < 4.78 is 26.6. The molecule has 0 unspecified atom stereocenters. The minimum absolute atomic E-state index is 0.350. The maximum atomic E-state index is 14.9. The van der Waals surface area contributed by atoms with Crippen molar-refractivity contribution in [2.75, 3.05) is 31.2 Å². The van der Waals surface area contributed by atoms with Gasteiger partial charge in [-0.25, -0.2) is 14.4 Å². The number of H-pyrrole nitrogens is 1. The molecule has 0 radical (unpaired) electrons. The monoisotopic (exact) mass is 388 g/mol. The van der Waals surface area contributed by atoms with E-state index in [0.29, 0.717) is 54.6 Å². The van der Waals surface area contributed by atoms with Gasteiger partial charge in [-0.05, 0) is 30.3 Å². The van der Waals surface area contributed by atoms with E-state index in [1.54, 1.807) is 12.3 Å². The van der Waals surface area contributed by atoms with Crippen LogP contribution in [0.2, 0.25) is 0 Å². The normalized spacial score (nSPS) is 15.0. The molecule has 6 nitrogen and oxygen atoms in total. The molecule has 1 N–H and O–H groups in total. The molecule has 0 atom stereocenters. The van der Waals surface area contributed by atoms with Crippen molar-refractivity contribution < 1.29 is 13.5 Å². The van der Waals surface area contributed by atoms with Gasteiger partial charge in [0.25, 0.3) is 0 Å². The third-order valence-electron chi connectivity index (χ3n) is 5.42. The quantitative estimate of drug-likeness (QED) is 0.482. The van der Waals surface area contributed by atoms with Crippen molar-refractivity contribution in [3.63, 3.8) is 0 Å². The predicted molar refractivity (Wildman–Crippen MR) is 110 cm³/mol. The van der Waals surface area contributed by atoms with Gasteiger partial charge in [-0.15, -0.1) is 0 Å². The average molecular weight is 388 g/mol. The van der Waals surface area contributed by atoms with Crippen LogP contribution in [-0.2, 0) is 4.74 Å². The fraction of sp³-hybridized carbons (Fsp3) is 0.182. The summed E-state index contributed by atoms with van der Waals surface area (Å²) >= 11 is 0. The number of rotatable bonds is 2. The number of aromatic nitrogens is 3. The highest BCUT2D eigenvalue weighted by Gasteiger charge is 2.24. The fourth-order valence-electron chi connectivity index (χ4n) is 4.01. The van der Waals surface area contributed by atoms with Gasteiger partial charge in [0.05, 0.1) is 18.8 Å². The number of morpholine rings is 1. The highest BCUT2D eigenvalue weighted by Crippen LogP contribution is 2.37. The number of ether oxygens (including phenoxy) is 1. The Morgan fingerprint density at radius 1 is 0.966 bits per heavy atom. The summed E-state index contributed by atoms with van der Waals surface area (Å²) in [5, 5.41) is 1.65. The number of anilines is 1. The van der Waals surface area contributed by atoms with Gasteiger partial charge < -0.3 is 19.0 Å². The Balaban J connectivity index is 1.69. The Kier molecular flexibility index (Phi) is 3.57. The molecule has 144 valence electrons. The summed E-state index contributed by atoms with van der Waals surface area (Å²) in [5.74, 6) is 0.682. The topological polar surface area (TPSA) is 67.2 Å². The third kappa shape index (κ3) is 2.51. The molecule has 6 rings (SSSR count). The van der Waals surface area contributed by atoms with Crippen LogP contribution in [-0.4, -0.2) is 41.3 Å². The Morgan fingerprint density at radius 3 is 2.72 bits per heavy atom. The first-order valence-electron chi connectivity index (χ1n) is 9.57. The van der Waals surface area contributed by atoms with Crippen LogP contribution in [0, 0.1) is 5.82 Å². The predicted octanol–water partition coefficient (Wildman–Crippen LogP) is 4.50. The second-order valence-electron chi connectivity index (χ2n) is 7.11. The number of benzene rings is 2. The van der Waals surface area contributed by atoms with Crippen LogP contribution in [0.3, 0.4) is 0 Å². The average Bonchev–Trinajstić information content (AvgIpc) is 3.38. The first kappa shape index (κ1) is 16.5. The van der Waals surface area contributed by atoms with Crippen LogP contribution in [0.5, 0.6) is 0 Å². The molecule has 4 heterocycles. The van der Waals surface area contributed by atoms with Crippen molar-refractivity contribution in [3.8, 4) is 11.4 Å². The lowest BCUT2D eigenvalue weighted by atomic mass is 10.1. The van der Waals surface area contributed by atoms with Gasteiger partial charge in [0.1, 0.15) is 16.9 Å².